The van der Waals surface area contributed by atoms with E-state index in [1.807, 2.05) is 0 Å². The van der Waals surface area contributed by atoms with Crippen molar-refractivity contribution in [2.45, 2.75) is 30.9 Å². The van der Waals surface area contributed by atoms with E-state index in [1.165, 1.54) is 17.4 Å². The van der Waals surface area contributed by atoms with Gasteiger partial charge in [0.1, 0.15) is 5.01 Å². The number of benzene rings is 1. The Morgan fingerprint density at radius 3 is 2.58 bits per heavy atom. The summed E-state index contributed by atoms with van der Waals surface area (Å²) < 4.78 is 38.8. The van der Waals surface area contributed by atoms with E-state index in [-0.39, 0.29) is 5.41 Å². The highest BCUT2D eigenvalue weighted by Crippen LogP contribution is 2.45. The van der Waals surface area contributed by atoms with Crippen LogP contribution in [0.2, 0.25) is 0 Å². The molecule has 6 heteroatoms. The first-order valence-corrected chi connectivity index (χ1v) is 6.95. The molecule has 19 heavy (non-hydrogen) atoms. The first kappa shape index (κ1) is 12.9. The van der Waals surface area contributed by atoms with Crippen molar-refractivity contribution in [3.63, 3.8) is 0 Å². The number of aromatic nitrogens is 1. The average molecular weight is 286 g/mol. The van der Waals surface area contributed by atoms with E-state index in [2.05, 4.69) is 4.98 Å². The summed E-state index contributed by atoms with van der Waals surface area (Å²) in [4.78, 5) is 4.39. The van der Waals surface area contributed by atoms with E-state index in [9.17, 15) is 13.2 Å². The highest BCUT2D eigenvalue weighted by atomic mass is 32.1. The second-order valence-electron chi connectivity index (χ2n) is 5.04. The Hall–Kier alpha value is -1.14. The summed E-state index contributed by atoms with van der Waals surface area (Å²) in [6.07, 6.45) is -1.24. The van der Waals surface area contributed by atoms with Crippen molar-refractivity contribution in [2.24, 2.45) is 5.73 Å². The Kier molecular flexibility index (Phi) is 2.83. The summed E-state index contributed by atoms with van der Waals surface area (Å²) in [6.45, 7) is 0.513. The largest absolute Gasteiger partial charge is 0.416 e. The number of alkyl halides is 3. The van der Waals surface area contributed by atoms with Gasteiger partial charge in [0.2, 0.25) is 0 Å². The van der Waals surface area contributed by atoms with Crippen LogP contribution in [0.1, 0.15) is 29.8 Å². The van der Waals surface area contributed by atoms with Gasteiger partial charge in [0.15, 0.2) is 0 Å². The van der Waals surface area contributed by atoms with E-state index in [0.29, 0.717) is 12.1 Å². The Labute approximate surface area is 112 Å². The first-order chi connectivity index (χ1) is 8.94. The number of thiazole rings is 1. The van der Waals surface area contributed by atoms with Gasteiger partial charge in [-0.25, -0.2) is 4.98 Å². The molecule has 1 aromatic carbocycles. The molecule has 1 saturated carbocycles. The highest BCUT2D eigenvalue weighted by Gasteiger charge is 2.40. The summed E-state index contributed by atoms with van der Waals surface area (Å²) in [5.41, 5.74) is 5.49. The van der Waals surface area contributed by atoms with Crippen molar-refractivity contribution in [3.05, 3.63) is 28.8 Å². The van der Waals surface area contributed by atoms with Gasteiger partial charge < -0.3 is 5.73 Å². The van der Waals surface area contributed by atoms with E-state index in [1.54, 1.807) is 0 Å². The fraction of sp³-hybridized carbons (Fsp3) is 0.462. The lowest BCUT2D eigenvalue weighted by atomic mass is 9.69. The summed E-state index contributed by atoms with van der Waals surface area (Å²) in [5, 5.41) is 0.885. The third-order valence-corrected chi connectivity index (χ3v) is 5.15. The third-order valence-electron chi connectivity index (χ3n) is 3.87. The van der Waals surface area contributed by atoms with E-state index < -0.39 is 11.7 Å². The number of nitrogens with zero attached hydrogens (tertiary/aromatic N) is 1. The molecule has 2 nitrogen and oxygen atoms in total. The molecule has 102 valence electrons. The summed E-state index contributed by atoms with van der Waals surface area (Å²) in [6, 6.07) is 3.74. The number of halogens is 3. The normalized spacial score (nSPS) is 18.5. The van der Waals surface area contributed by atoms with Crippen LogP contribution < -0.4 is 5.73 Å². The van der Waals surface area contributed by atoms with Crippen molar-refractivity contribution in [1.29, 1.82) is 0 Å². The molecular formula is C13H13F3N2S. The van der Waals surface area contributed by atoms with Crippen molar-refractivity contribution >= 4 is 21.6 Å². The van der Waals surface area contributed by atoms with Crippen LogP contribution in [0.25, 0.3) is 10.2 Å². The molecule has 1 aliphatic carbocycles. The predicted molar refractivity (Wildman–Crippen MR) is 69.2 cm³/mol. The standard InChI is InChI=1S/C13H13F3N2S/c14-13(15,16)8-2-3-10-9(6-8)18-11(19-10)12(7-17)4-1-5-12/h2-3,6H,1,4-5,7,17H2. The van der Waals surface area contributed by atoms with Crippen molar-refractivity contribution in [3.8, 4) is 0 Å². The molecule has 1 aromatic heterocycles. The molecule has 0 saturated heterocycles. The maximum Gasteiger partial charge on any atom is 0.416 e. The van der Waals surface area contributed by atoms with Gasteiger partial charge in [0.05, 0.1) is 15.8 Å². The second kappa shape index (κ2) is 4.18. The van der Waals surface area contributed by atoms with Gasteiger partial charge in [-0.15, -0.1) is 11.3 Å². The second-order valence-corrected chi connectivity index (χ2v) is 6.07. The third kappa shape index (κ3) is 2.03. The van der Waals surface area contributed by atoms with Crippen LogP contribution in [0, 0.1) is 0 Å². The number of hydrogen-bond donors (Lipinski definition) is 1. The summed E-state index contributed by atoms with van der Waals surface area (Å²) in [5.74, 6) is 0. The van der Waals surface area contributed by atoms with Crippen molar-refractivity contribution < 1.29 is 13.2 Å². The quantitative estimate of drug-likeness (QED) is 0.914. The molecule has 1 fully saturated rings. The molecule has 2 N–H and O–H groups in total. The highest BCUT2D eigenvalue weighted by molar-refractivity contribution is 7.18. The zero-order valence-corrected chi connectivity index (χ0v) is 10.9. The van der Waals surface area contributed by atoms with Crippen LogP contribution >= 0.6 is 11.3 Å². The molecule has 3 rings (SSSR count). The smallest absolute Gasteiger partial charge is 0.329 e. The van der Waals surface area contributed by atoms with Crippen LogP contribution in [0.4, 0.5) is 13.2 Å². The molecule has 0 atom stereocenters. The monoisotopic (exact) mass is 286 g/mol. The molecule has 0 aliphatic heterocycles. The Morgan fingerprint density at radius 2 is 2.05 bits per heavy atom. The van der Waals surface area contributed by atoms with Crippen LogP contribution in [-0.4, -0.2) is 11.5 Å². The predicted octanol–water partition coefficient (Wildman–Crippen LogP) is 3.70. The Balaban J connectivity index is 2.06. The van der Waals surface area contributed by atoms with Gasteiger partial charge in [-0.05, 0) is 31.0 Å². The van der Waals surface area contributed by atoms with E-state index in [4.69, 9.17) is 5.73 Å². The van der Waals surface area contributed by atoms with Crippen LogP contribution in [-0.2, 0) is 11.6 Å². The Bertz CT molecular complexity index is 608. The van der Waals surface area contributed by atoms with Gasteiger partial charge in [-0.2, -0.15) is 13.2 Å². The number of nitrogens with two attached hydrogens (primary N) is 1. The molecule has 0 radical (unpaired) electrons. The van der Waals surface area contributed by atoms with Gasteiger partial charge >= 0.3 is 6.18 Å². The maximum absolute atomic E-state index is 12.7. The number of rotatable bonds is 2. The fourth-order valence-corrected chi connectivity index (χ4v) is 3.64. The van der Waals surface area contributed by atoms with Gasteiger partial charge in [-0.1, -0.05) is 6.42 Å². The fourth-order valence-electron chi connectivity index (χ4n) is 2.44. The lowest BCUT2D eigenvalue weighted by molar-refractivity contribution is -0.137. The lowest BCUT2D eigenvalue weighted by Gasteiger charge is -2.38. The molecule has 0 amide bonds. The lowest BCUT2D eigenvalue weighted by Crippen LogP contribution is -2.41. The van der Waals surface area contributed by atoms with Crippen LogP contribution in [0.3, 0.4) is 0 Å². The molecular weight excluding hydrogens is 273 g/mol. The van der Waals surface area contributed by atoms with Crippen LogP contribution in [0.5, 0.6) is 0 Å². The average Bonchev–Trinajstić information content (AvgIpc) is 2.69. The van der Waals surface area contributed by atoms with Gasteiger partial charge in [-0.3, -0.25) is 0 Å². The molecule has 2 aromatic rings. The van der Waals surface area contributed by atoms with E-state index >= 15 is 0 Å². The minimum atomic E-state index is -4.32. The molecule has 1 heterocycles. The number of fused-ring (bicyclic) bond motifs is 1. The molecule has 1 aliphatic rings. The summed E-state index contributed by atoms with van der Waals surface area (Å²) in [7, 11) is 0. The maximum atomic E-state index is 12.7. The zero-order valence-electron chi connectivity index (χ0n) is 10.1. The zero-order chi connectivity index (χ0) is 13.7. The topological polar surface area (TPSA) is 38.9 Å². The minimum absolute atomic E-state index is 0.0952. The van der Waals surface area contributed by atoms with Gasteiger partial charge in [0, 0.05) is 12.0 Å². The van der Waals surface area contributed by atoms with Crippen molar-refractivity contribution in [2.75, 3.05) is 6.54 Å². The minimum Gasteiger partial charge on any atom is -0.329 e. The molecule has 0 spiro atoms. The van der Waals surface area contributed by atoms with Crippen LogP contribution in [0.15, 0.2) is 18.2 Å². The van der Waals surface area contributed by atoms with Gasteiger partial charge in [0.25, 0.3) is 0 Å². The first-order valence-electron chi connectivity index (χ1n) is 6.13. The summed E-state index contributed by atoms with van der Waals surface area (Å²) >= 11 is 1.47. The van der Waals surface area contributed by atoms with E-state index in [0.717, 1.165) is 41.1 Å². The van der Waals surface area contributed by atoms with Crippen molar-refractivity contribution in [1.82, 2.24) is 4.98 Å². The SMILES string of the molecule is NCC1(c2nc3cc(C(F)(F)F)ccc3s2)CCC1. The molecule has 0 unspecified atom stereocenters. The Morgan fingerprint density at radius 1 is 1.32 bits per heavy atom. The molecule has 0 bridgehead atoms. The number of hydrogen-bond acceptors (Lipinski definition) is 3.